The lowest BCUT2D eigenvalue weighted by Gasteiger charge is -2.08. The molecule has 0 radical (unpaired) electrons. The van der Waals surface area contributed by atoms with Gasteiger partial charge in [0.15, 0.2) is 5.82 Å². The third-order valence-corrected chi connectivity index (χ3v) is 2.45. The first-order valence-electron chi connectivity index (χ1n) is 5.80. The first kappa shape index (κ1) is 11.6. The van der Waals surface area contributed by atoms with E-state index in [1.807, 2.05) is 18.3 Å². The molecule has 17 heavy (non-hydrogen) atoms. The van der Waals surface area contributed by atoms with E-state index in [0.29, 0.717) is 5.92 Å². The van der Waals surface area contributed by atoms with Gasteiger partial charge >= 0.3 is 0 Å². The molecule has 0 unspecified atom stereocenters. The Labute approximate surface area is 101 Å². The van der Waals surface area contributed by atoms with Crippen molar-refractivity contribution in [1.29, 1.82) is 0 Å². The molecule has 0 amide bonds. The summed E-state index contributed by atoms with van der Waals surface area (Å²) in [5.74, 6) is 1.49. The molecule has 0 aliphatic heterocycles. The summed E-state index contributed by atoms with van der Waals surface area (Å²) in [5.41, 5.74) is 1.04. The van der Waals surface area contributed by atoms with Crippen molar-refractivity contribution in [1.82, 2.24) is 19.7 Å². The summed E-state index contributed by atoms with van der Waals surface area (Å²) in [6.45, 7) is 5.41. The van der Waals surface area contributed by atoms with E-state index in [2.05, 4.69) is 34.2 Å². The van der Waals surface area contributed by atoms with Crippen LogP contribution in [0.2, 0.25) is 0 Å². The molecule has 5 heteroatoms. The highest BCUT2D eigenvalue weighted by Crippen LogP contribution is 2.09. The molecular weight excluding hydrogens is 214 g/mol. The van der Waals surface area contributed by atoms with Crippen LogP contribution in [0.15, 0.2) is 31.0 Å². The van der Waals surface area contributed by atoms with Crippen molar-refractivity contribution in [2.45, 2.75) is 20.3 Å². The summed E-state index contributed by atoms with van der Waals surface area (Å²) in [6, 6.07) is 3.93. The molecular formula is C12H17N5. The molecule has 0 bridgehead atoms. The van der Waals surface area contributed by atoms with Gasteiger partial charge in [0, 0.05) is 6.54 Å². The van der Waals surface area contributed by atoms with Crippen molar-refractivity contribution in [3.05, 3.63) is 31.0 Å². The number of nitrogens with one attached hydrogen (secondary N) is 1. The monoisotopic (exact) mass is 231 g/mol. The van der Waals surface area contributed by atoms with Crippen LogP contribution >= 0.6 is 0 Å². The van der Waals surface area contributed by atoms with Gasteiger partial charge in [-0.25, -0.2) is 14.6 Å². The maximum absolute atomic E-state index is 4.32. The van der Waals surface area contributed by atoms with E-state index in [0.717, 1.165) is 24.5 Å². The van der Waals surface area contributed by atoms with Gasteiger partial charge < -0.3 is 5.32 Å². The highest BCUT2D eigenvalue weighted by Gasteiger charge is 1.99. The van der Waals surface area contributed by atoms with Crippen molar-refractivity contribution in [3.8, 4) is 5.82 Å². The van der Waals surface area contributed by atoms with Crippen LogP contribution in [0.3, 0.4) is 0 Å². The van der Waals surface area contributed by atoms with Gasteiger partial charge in [-0.1, -0.05) is 13.8 Å². The smallest absolute Gasteiger partial charge is 0.155 e. The lowest BCUT2D eigenvalue weighted by Crippen LogP contribution is -2.05. The molecule has 5 nitrogen and oxygen atoms in total. The molecule has 2 heterocycles. The maximum atomic E-state index is 4.32. The average Bonchev–Trinajstić information content (AvgIpc) is 2.83. The van der Waals surface area contributed by atoms with Crippen LogP contribution < -0.4 is 5.32 Å². The van der Waals surface area contributed by atoms with Crippen LogP contribution in [0.1, 0.15) is 20.3 Å². The zero-order valence-electron chi connectivity index (χ0n) is 10.2. The fourth-order valence-corrected chi connectivity index (χ4v) is 1.46. The molecule has 0 saturated heterocycles. The summed E-state index contributed by atoms with van der Waals surface area (Å²) in [6.07, 6.45) is 6.10. The van der Waals surface area contributed by atoms with E-state index in [1.165, 1.54) is 6.33 Å². The molecule has 2 aromatic heterocycles. The number of hydrogen-bond donors (Lipinski definition) is 1. The van der Waals surface area contributed by atoms with Crippen molar-refractivity contribution in [2.24, 2.45) is 5.92 Å². The predicted molar refractivity (Wildman–Crippen MR) is 67.1 cm³/mol. The minimum absolute atomic E-state index is 0.713. The predicted octanol–water partition coefficient (Wildman–Crippen LogP) is 2.12. The van der Waals surface area contributed by atoms with Gasteiger partial charge in [0.25, 0.3) is 0 Å². The van der Waals surface area contributed by atoms with E-state index in [-0.39, 0.29) is 0 Å². The summed E-state index contributed by atoms with van der Waals surface area (Å²) in [4.78, 5) is 8.20. The Morgan fingerprint density at radius 2 is 2.24 bits per heavy atom. The van der Waals surface area contributed by atoms with Crippen molar-refractivity contribution >= 4 is 5.69 Å². The van der Waals surface area contributed by atoms with Crippen LogP contribution in [0.5, 0.6) is 0 Å². The second-order valence-corrected chi connectivity index (χ2v) is 4.35. The molecule has 0 aromatic carbocycles. The molecule has 0 spiro atoms. The van der Waals surface area contributed by atoms with Crippen molar-refractivity contribution in [3.63, 3.8) is 0 Å². The largest absolute Gasteiger partial charge is 0.384 e. The van der Waals surface area contributed by atoms with E-state index in [1.54, 1.807) is 11.0 Å². The summed E-state index contributed by atoms with van der Waals surface area (Å²) >= 11 is 0. The Hall–Kier alpha value is -1.91. The van der Waals surface area contributed by atoms with Gasteiger partial charge in [-0.15, -0.1) is 0 Å². The fourth-order valence-electron chi connectivity index (χ4n) is 1.46. The van der Waals surface area contributed by atoms with Crippen LogP contribution in [0.25, 0.3) is 5.82 Å². The molecule has 0 fully saturated rings. The Morgan fingerprint density at radius 3 is 2.82 bits per heavy atom. The molecule has 0 atom stereocenters. The molecule has 0 saturated carbocycles. The zero-order valence-corrected chi connectivity index (χ0v) is 10.2. The molecule has 2 aromatic rings. The molecule has 90 valence electrons. The van der Waals surface area contributed by atoms with Crippen LogP contribution in [-0.2, 0) is 0 Å². The summed E-state index contributed by atoms with van der Waals surface area (Å²) < 4.78 is 1.64. The van der Waals surface area contributed by atoms with Crippen molar-refractivity contribution in [2.75, 3.05) is 11.9 Å². The average molecular weight is 231 g/mol. The van der Waals surface area contributed by atoms with Gasteiger partial charge in [0.1, 0.15) is 12.7 Å². The number of hydrogen-bond acceptors (Lipinski definition) is 4. The van der Waals surface area contributed by atoms with Gasteiger partial charge in [0.2, 0.25) is 0 Å². The zero-order chi connectivity index (χ0) is 12.1. The second kappa shape index (κ2) is 5.43. The normalized spacial score (nSPS) is 10.8. The lowest BCUT2D eigenvalue weighted by molar-refractivity contribution is 0.607. The fraction of sp³-hybridized carbons (Fsp3) is 0.417. The number of pyridine rings is 1. The van der Waals surface area contributed by atoms with E-state index in [4.69, 9.17) is 0 Å². The Morgan fingerprint density at radius 1 is 1.35 bits per heavy atom. The van der Waals surface area contributed by atoms with Crippen molar-refractivity contribution < 1.29 is 0 Å². The second-order valence-electron chi connectivity index (χ2n) is 4.35. The Balaban J connectivity index is 1.94. The first-order chi connectivity index (χ1) is 8.25. The van der Waals surface area contributed by atoms with Crippen LogP contribution in [0.4, 0.5) is 5.69 Å². The number of nitrogens with zero attached hydrogens (tertiary/aromatic N) is 4. The Kier molecular flexibility index (Phi) is 3.69. The van der Waals surface area contributed by atoms with Crippen LogP contribution in [0, 0.1) is 5.92 Å². The third kappa shape index (κ3) is 3.27. The van der Waals surface area contributed by atoms with Crippen LogP contribution in [-0.4, -0.2) is 26.3 Å². The van der Waals surface area contributed by atoms with E-state index >= 15 is 0 Å². The summed E-state index contributed by atoms with van der Waals surface area (Å²) in [5, 5.41) is 7.36. The standard InChI is InChI=1S/C12H17N5/c1-10(2)5-6-14-11-3-4-12(15-7-11)17-9-13-8-16-17/h3-4,7-10,14H,5-6H2,1-2H3. The van der Waals surface area contributed by atoms with Gasteiger partial charge in [-0.05, 0) is 24.5 Å². The SMILES string of the molecule is CC(C)CCNc1ccc(-n2cncn2)nc1. The number of anilines is 1. The minimum Gasteiger partial charge on any atom is -0.384 e. The third-order valence-electron chi connectivity index (χ3n) is 2.45. The number of aromatic nitrogens is 4. The van der Waals surface area contributed by atoms with E-state index < -0.39 is 0 Å². The van der Waals surface area contributed by atoms with E-state index in [9.17, 15) is 0 Å². The highest BCUT2D eigenvalue weighted by atomic mass is 15.3. The molecule has 2 rings (SSSR count). The lowest BCUT2D eigenvalue weighted by atomic mass is 10.1. The summed E-state index contributed by atoms with van der Waals surface area (Å²) in [7, 11) is 0. The molecule has 0 aliphatic rings. The maximum Gasteiger partial charge on any atom is 0.155 e. The number of rotatable bonds is 5. The van der Waals surface area contributed by atoms with Gasteiger partial charge in [-0.3, -0.25) is 0 Å². The molecule has 0 aliphatic carbocycles. The first-order valence-corrected chi connectivity index (χ1v) is 5.80. The van der Waals surface area contributed by atoms with Gasteiger partial charge in [-0.2, -0.15) is 5.10 Å². The van der Waals surface area contributed by atoms with Gasteiger partial charge in [0.05, 0.1) is 11.9 Å². The topological polar surface area (TPSA) is 55.6 Å². The quantitative estimate of drug-likeness (QED) is 0.856. The highest BCUT2D eigenvalue weighted by molar-refractivity contribution is 5.43. The minimum atomic E-state index is 0.713. The Bertz CT molecular complexity index is 432. The molecule has 1 N–H and O–H groups in total.